The summed E-state index contributed by atoms with van der Waals surface area (Å²) in [6.45, 7) is 8.07. The van der Waals surface area contributed by atoms with Gasteiger partial charge in [0.25, 0.3) is 0 Å². The topological polar surface area (TPSA) is 42.7 Å². The molecule has 0 unspecified atom stereocenters. The van der Waals surface area contributed by atoms with Crippen LogP contribution in [0.4, 0.5) is 17.3 Å². The van der Waals surface area contributed by atoms with Gasteiger partial charge in [-0.1, -0.05) is 29.8 Å². The third-order valence-corrected chi connectivity index (χ3v) is 4.43. The van der Waals surface area contributed by atoms with Gasteiger partial charge >= 0.3 is 5.97 Å². The molecular formula is C21H19NO3. The third-order valence-electron chi connectivity index (χ3n) is 4.43. The Labute approximate surface area is 146 Å². The van der Waals surface area contributed by atoms with Gasteiger partial charge in [-0.15, -0.1) is 0 Å². The highest BCUT2D eigenvalue weighted by Gasteiger charge is 2.32. The van der Waals surface area contributed by atoms with Crippen LogP contribution in [0.25, 0.3) is 0 Å². The monoisotopic (exact) mass is 333 g/mol. The fourth-order valence-electron chi connectivity index (χ4n) is 3.56. The third kappa shape index (κ3) is 2.41. The number of anilines is 3. The summed E-state index contributed by atoms with van der Waals surface area (Å²) in [7, 11) is 0. The van der Waals surface area contributed by atoms with Crippen molar-refractivity contribution in [2.75, 3.05) is 4.90 Å². The van der Waals surface area contributed by atoms with Crippen molar-refractivity contribution in [1.29, 1.82) is 0 Å². The Hall–Kier alpha value is -3.01. The normalized spacial score (nSPS) is 13.1. The van der Waals surface area contributed by atoms with Gasteiger partial charge in [0.2, 0.25) is 5.88 Å². The number of aryl methyl sites for hydroxylation is 4. The van der Waals surface area contributed by atoms with Crippen molar-refractivity contribution in [3.63, 3.8) is 0 Å². The van der Waals surface area contributed by atoms with E-state index in [-0.39, 0.29) is 5.97 Å². The summed E-state index contributed by atoms with van der Waals surface area (Å²) in [5.74, 6) is 1.30. The SMILES string of the molecule is Cc1cc(C)c(N2c3ccccc3C(=O)Oc3cc(C)oc32)c(C)c1. The number of hydrogen-bond acceptors (Lipinski definition) is 4. The quantitative estimate of drug-likeness (QED) is 0.550. The van der Waals surface area contributed by atoms with Crippen LogP contribution in [0, 0.1) is 27.7 Å². The minimum absolute atomic E-state index is 0.373. The van der Waals surface area contributed by atoms with E-state index in [4.69, 9.17) is 9.15 Å². The van der Waals surface area contributed by atoms with E-state index in [1.165, 1.54) is 5.56 Å². The van der Waals surface area contributed by atoms with Crippen LogP contribution in [0.5, 0.6) is 5.75 Å². The lowest BCUT2D eigenvalue weighted by Crippen LogP contribution is -2.14. The van der Waals surface area contributed by atoms with E-state index in [2.05, 4.69) is 32.9 Å². The van der Waals surface area contributed by atoms with Crippen molar-refractivity contribution < 1.29 is 13.9 Å². The molecule has 0 amide bonds. The van der Waals surface area contributed by atoms with E-state index < -0.39 is 0 Å². The van der Waals surface area contributed by atoms with Crippen molar-refractivity contribution in [1.82, 2.24) is 0 Å². The highest BCUT2D eigenvalue weighted by molar-refractivity contribution is 6.02. The Balaban J connectivity index is 2.08. The fraction of sp³-hybridized carbons (Fsp3) is 0.190. The molecule has 0 saturated heterocycles. The number of para-hydroxylation sites is 1. The summed E-state index contributed by atoms with van der Waals surface area (Å²) in [6, 6.07) is 13.5. The molecule has 2 aromatic carbocycles. The van der Waals surface area contributed by atoms with Gasteiger partial charge in [0, 0.05) is 6.07 Å². The van der Waals surface area contributed by atoms with E-state index >= 15 is 0 Å². The molecule has 1 aliphatic heterocycles. The van der Waals surface area contributed by atoms with Crippen molar-refractivity contribution >= 4 is 23.2 Å². The second-order valence-electron chi connectivity index (χ2n) is 6.52. The number of fused-ring (bicyclic) bond motifs is 2. The van der Waals surface area contributed by atoms with E-state index in [1.54, 1.807) is 12.1 Å². The first-order valence-corrected chi connectivity index (χ1v) is 8.25. The second kappa shape index (κ2) is 5.52. The number of ether oxygens (including phenoxy) is 1. The molecule has 0 N–H and O–H groups in total. The fourth-order valence-corrected chi connectivity index (χ4v) is 3.56. The molecular weight excluding hydrogens is 314 g/mol. The maximum absolute atomic E-state index is 12.6. The van der Waals surface area contributed by atoms with Crippen LogP contribution in [0.3, 0.4) is 0 Å². The molecule has 126 valence electrons. The molecule has 4 heteroatoms. The number of carbonyl (C=O) groups excluding carboxylic acids is 1. The molecule has 0 fully saturated rings. The number of nitrogens with zero attached hydrogens (tertiary/aromatic N) is 1. The second-order valence-corrected chi connectivity index (χ2v) is 6.52. The van der Waals surface area contributed by atoms with Gasteiger partial charge in [-0.3, -0.25) is 4.90 Å². The summed E-state index contributed by atoms with van der Waals surface area (Å²) >= 11 is 0. The highest BCUT2D eigenvalue weighted by atomic mass is 16.5. The molecule has 3 aromatic rings. The number of benzene rings is 2. The zero-order valence-electron chi connectivity index (χ0n) is 14.7. The predicted octanol–water partition coefficient (Wildman–Crippen LogP) is 5.52. The molecule has 1 aliphatic rings. The Morgan fingerprint density at radius 3 is 2.32 bits per heavy atom. The van der Waals surface area contributed by atoms with Crippen LogP contribution in [0.15, 0.2) is 46.9 Å². The van der Waals surface area contributed by atoms with Gasteiger partial charge in [-0.2, -0.15) is 0 Å². The van der Waals surface area contributed by atoms with Crippen molar-refractivity contribution in [3.8, 4) is 5.75 Å². The van der Waals surface area contributed by atoms with Crippen LogP contribution < -0.4 is 9.64 Å². The van der Waals surface area contributed by atoms with Gasteiger partial charge in [0.15, 0.2) is 5.75 Å². The summed E-state index contributed by atoms with van der Waals surface area (Å²) < 4.78 is 11.5. The molecule has 1 aromatic heterocycles. The lowest BCUT2D eigenvalue weighted by atomic mass is 10.0. The summed E-state index contributed by atoms with van der Waals surface area (Å²) in [5.41, 5.74) is 5.71. The molecule has 0 atom stereocenters. The average Bonchev–Trinajstić information content (AvgIpc) is 2.86. The van der Waals surface area contributed by atoms with Crippen molar-refractivity contribution in [3.05, 3.63) is 70.5 Å². The Bertz CT molecular complexity index is 977. The molecule has 0 aliphatic carbocycles. The van der Waals surface area contributed by atoms with Crippen LogP contribution in [-0.2, 0) is 0 Å². The lowest BCUT2D eigenvalue weighted by molar-refractivity contribution is 0.0738. The van der Waals surface area contributed by atoms with Gasteiger partial charge in [-0.05, 0) is 51.0 Å². The molecule has 4 nitrogen and oxygen atoms in total. The zero-order valence-corrected chi connectivity index (χ0v) is 14.7. The van der Waals surface area contributed by atoms with Gasteiger partial charge in [0.05, 0.1) is 16.9 Å². The first-order chi connectivity index (χ1) is 12.0. The minimum Gasteiger partial charge on any atom is -0.442 e. The van der Waals surface area contributed by atoms with Crippen LogP contribution >= 0.6 is 0 Å². The molecule has 4 rings (SSSR count). The first kappa shape index (κ1) is 15.5. The van der Waals surface area contributed by atoms with Crippen molar-refractivity contribution in [2.24, 2.45) is 0 Å². The Morgan fingerprint density at radius 2 is 1.60 bits per heavy atom. The predicted molar refractivity (Wildman–Crippen MR) is 97.3 cm³/mol. The summed E-state index contributed by atoms with van der Waals surface area (Å²) in [6.07, 6.45) is 0. The molecule has 25 heavy (non-hydrogen) atoms. The van der Waals surface area contributed by atoms with Crippen LogP contribution in [0.2, 0.25) is 0 Å². The van der Waals surface area contributed by atoms with E-state index in [0.717, 1.165) is 22.5 Å². The zero-order chi connectivity index (χ0) is 17.7. The molecule has 0 radical (unpaired) electrons. The minimum atomic E-state index is -0.373. The van der Waals surface area contributed by atoms with E-state index in [9.17, 15) is 4.79 Å². The van der Waals surface area contributed by atoms with Crippen LogP contribution in [0.1, 0.15) is 32.8 Å². The number of carbonyl (C=O) groups is 1. The molecule has 2 heterocycles. The van der Waals surface area contributed by atoms with E-state index in [1.807, 2.05) is 30.0 Å². The maximum Gasteiger partial charge on any atom is 0.345 e. The van der Waals surface area contributed by atoms with Crippen LogP contribution in [-0.4, -0.2) is 5.97 Å². The van der Waals surface area contributed by atoms with Gasteiger partial charge in [0.1, 0.15) is 5.76 Å². The summed E-state index contributed by atoms with van der Waals surface area (Å²) in [4.78, 5) is 14.6. The lowest BCUT2D eigenvalue weighted by Gasteiger charge is -2.26. The molecule has 0 saturated carbocycles. The number of esters is 1. The standard InChI is InChI=1S/C21H19NO3/c1-12-9-13(2)19(14(3)10-12)22-17-8-6-5-7-16(17)21(23)25-18-11-15(4)24-20(18)22/h5-11H,1-4H3. The van der Waals surface area contributed by atoms with E-state index in [0.29, 0.717) is 23.0 Å². The Kier molecular flexibility index (Phi) is 3.42. The van der Waals surface area contributed by atoms with Gasteiger partial charge in [-0.25, -0.2) is 4.79 Å². The number of hydrogen-bond donors (Lipinski definition) is 0. The smallest absolute Gasteiger partial charge is 0.345 e. The number of rotatable bonds is 1. The van der Waals surface area contributed by atoms with Gasteiger partial charge < -0.3 is 9.15 Å². The van der Waals surface area contributed by atoms with Crippen molar-refractivity contribution in [2.45, 2.75) is 27.7 Å². The first-order valence-electron chi connectivity index (χ1n) is 8.25. The largest absolute Gasteiger partial charge is 0.442 e. The molecule has 0 spiro atoms. The highest BCUT2D eigenvalue weighted by Crippen LogP contribution is 2.47. The Morgan fingerprint density at radius 1 is 0.920 bits per heavy atom. The molecule has 0 bridgehead atoms. The average molecular weight is 333 g/mol. The maximum atomic E-state index is 12.6. The summed E-state index contributed by atoms with van der Waals surface area (Å²) in [5, 5.41) is 0. The number of furan rings is 1.